The van der Waals surface area contributed by atoms with Crippen LogP contribution in [-0.2, 0) is 0 Å². The Kier molecular flexibility index (Phi) is 7.64. The molecule has 3 heteroatoms. The van der Waals surface area contributed by atoms with Gasteiger partial charge < -0.3 is 0 Å². The average molecular weight is 669 g/mol. The summed E-state index contributed by atoms with van der Waals surface area (Å²) >= 11 is 0. The first-order valence-electron chi connectivity index (χ1n) is 17.6. The van der Waals surface area contributed by atoms with Crippen LogP contribution >= 0.6 is 0 Å². The van der Waals surface area contributed by atoms with Crippen LogP contribution < -0.4 is 10.5 Å². The van der Waals surface area contributed by atoms with E-state index in [0.717, 1.165) is 28.2 Å². The average Bonchev–Trinajstić information content (AvgIpc) is 3.44. The Bertz CT molecular complexity index is 2480. The van der Waals surface area contributed by atoms with E-state index in [4.69, 9.17) is 9.97 Å². The first-order valence-corrected chi connectivity index (χ1v) is 20.6. The van der Waals surface area contributed by atoms with E-state index in [-0.39, 0.29) is 0 Å². The van der Waals surface area contributed by atoms with Gasteiger partial charge in [0, 0.05) is 22.0 Å². The van der Waals surface area contributed by atoms with Gasteiger partial charge in [-0.1, -0.05) is 165 Å². The van der Waals surface area contributed by atoms with E-state index >= 15 is 0 Å². The first-order chi connectivity index (χ1) is 25.0. The largest absolute Gasteiger partial charge is 0.237 e. The van der Waals surface area contributed by atoms with Gasteiger partial charge in [-0.05, 0) is 85.6 Å². The first kappa shape index (κ1) is 30.9. The minimum Gasteiger partial charge on any atom is -0.237 e. The van der Waals surface area contributed by atoms with Crippen molar-refractivity contribution in [3.05, 3.63) is 182 Å². The van der Waals surface area contributed by atoms with Gasteiger partial charge in [-0.15, -0.1) is 0 Å². The summed E-state index contributed by atoms with van der Waals surface area (Å²) in [5, 5.41) is 2.62. The Morgan fingerprint density at radius 2 is 0.765 bits per heavy atom. The van der Waals surface area contributed by atoms with Crippen molar-refractivity contribution in [2.24, 2.45) is 0 Å². The maximum Gasteiger partial charge on any atom is 0.159 e. The number of benzene rings is 7. The topological polar surface area (TPSA) is 25.8 Å². The second-order valence-corrected chi connectivity index (χ2v) is 18.1. The Morgan fingerprint density at radius 1 is 0.353 bits per heavy atom. The summed E-state index contributed by atoms with van der Waals surface area (Å²) in [6.07, 6.45) is 0. The summed E-state index contributed by atoms with van der Waals surface area (Å²) in [4.78, 5) is 11.0. The van der Waals surface area contributed by atoms with Crippen LogP contribution in [0, 0.1) is 0 Å². The molecule has 0 spiro atoms. The highest BCUT2D eigenvalue weighted by Gasteiger charge is 2.41. The number of hydrogen-bond donors (Lipinski definition) is 0. The van der Waals surface area contributed by atoms with E-state index in [2.05, 4.69) is 195 Å². The lowest BCUT2D eigenvalue weighted by Crippen LogP contribution is -2.50. The van der Waals surface area contributed by atoms with Crippen molar-refractivity contribution in [2.45, 2.75) is 13.1 Å². The SMILES string of the molecule is C[Si]1(C)c2ccccc2-c2c(-c3cc(-c4ccccc4)cc(-c4ccccc4)c3)nc(-c3cccc(-c4cccc(-c5ccccc5)c4)c3)nc21. The van der Waals surface area contributed by atoms with Crippen molar-refractivity contribution in [3.63, 3.8) is 0 Å². The Morgan fingerprint density at radius 3 is 1.35 bits per heavy atom. The molecule has 0 atom stereocenters. The van der Waals surface area contributed by atoms with E-state index in [1.165, 1.54) is 60.6 Å². The van der Waals surface area contributed by atoms with Gasteiger partial charge in [-0.3, -0.25) is 0 Å². The predicted molar refractivity (Wildman–Crippen MR) is 217 cm³/mol. The highest BCUT2D eigenvalue weighted by atomic mass is 28.3. The molecule has 8 aromatic rings. The van der Waals surface area contributed by atoms with Gasteiger partial charge in [-0.25, -0.2) is 9.97 Å². The van der Waals surface area contributed by atoms with E-state index < -0.39 is 8.07 Å². The van der Waals surface area contributed by atoms with E-state index in [9.17, 15) is 0 Å². The van der Waals surface area contributed by atoms with E-state index in [0.29, 0.717) is 0 Å². The fourth-order valence-electron chi connectivity index (χ4n) is 7.59. The molecule has 1 aliphatic rings. The fourth-order valence-corrected chi connectivity index (χ4v) is 10.5. The van der Waals surface area contributed by atoms with Gasteiger partial charge in [0.1, 0.15) is 8.07 Å². The van der Waals surface area contributed by atoms with Crippen LogP contribution in [0.4, 0.5) is 0 Å². The molecule has 0 amide bonds. The Balaban J connectivity index is 1.26. The highest BCUT2D eigenvalue weighted by Crippen LogP contribution is 2.40. The lowest BCUT2D eigenvalue weighted by atomic mass is 9.92. The molecule has 0 saturated carbocycles. The molecule has 0 N–H and O–H groups in total. The third-order valence-corrected chi connectivity index (χ3v) is 13.5. The van der Waals surface area contributed by atoms with Gasteiger partial charge in [0.2, 0.25) is 0 Å². The molecule has 7 aromatic carbocycles. The molecule has 1 aromatic heterocycles. The maximum absolute atomic E-state index is 5.53. The number of nitrogens with zero attached hydrogens (tertiary/aromatic N) is 2. The molecule has 0 fully saturated rings. The molecule has 0 radical (unpaired) electrons. The van der Waals surface area contributed by atoms with Crippen LogP contribution in [0.3, 0.4) is 0 Å². The lowest BCUT2D eigenvalue weighted by Gasteiger charge is -2.19. The summed E-state index contributed by atoms with van der Waals surface area (Å²) in [5.41, 5.74) is 15.0. The molecule has 2 nitrogen and oxygen atoms in total. The normalized spacial score (nSPS) is 12.7. The van der Waals surface area contributed by atoms with Crippen molar-refractivity contribution in [3.8, 4) is 78.3 Å². The van der Waals surface area contributed by atoms with Crippen molar-refractivity contribution < 1.29 is 0 Å². The van der Waals surface area contributed by atoms with Crippen molar-refractivity contribution in [1.82, 2.24) is 9.97 Å². The minimum atomic E-state index is -2.14. The monoisotopic (exact) mass is 668 g/mol. The molecule has 0 unspecified atom stereocenters. The second kappa shape index (κ2) is 12.6. The van der Waals surface area contributed by atoms with Crippen LogP contribution in [0.15, 0.2) is 182 Å². The van der Waals surface area contributed by atoms with Gasteiger partial charge >= 0.3 is 0 Å². The van der Waals surface area contributed by atoms with Crippen LogP contribution in [0.25, 0.3) is 78.3 Å². The van der Waals surface area contributed by atoms with Gasteiger partial charge in [-0.2, -0.15) is 0 Å². The smallest absolute Gasteiger partial charge is 0.159 e. The zero-order chi connectivity index (χ0) is 34.4. The van der Waals surface area contributed by atoms with Gasteiger partial charge in [0.25, 0.3) is 0 Å². The zero-order valence-electron chi connectivity index (χ0n) is 28.7. The summed E-state index contributed by atoms with van der Waals surface area (Å²) in [5.74, 6) is 0.768. The fraction of sp³-hybridized carbons (Fsp3) is 0.0417. The minimum absolute atomic E-state index is 0.768. The van der Waals surface area contributed by atoms with Gasteiger partial charge in [0.15, 0.2) is 5.82 Å². The van der Waals surface area contributed by atoms with E-state index in [1.54, 1.807) is 0 Å². The molecule has 2 heterocycles. The van der Waals surface area contributed by atoms with Gasteiger partial charge in [0.05, 0.1) is 5.69 Å². The molecule has 51 heavy (non-hydrogen) atoms. The van der Waals surface area contributed by atoms with Crippen LogP contribution in [0.5, 0.6) is 0 Å². The van der Waals surface area contributed by atoms with Crippen LogP contribution in [-0.4, -0.2) is 18.0 Å². The summed E-state index contributed by atoms with van der Waals surface area (Å²) in [6.45, 7) is 4.86. The summed E-state index contributed by atoms with van der Waals surface area (Å²) in [7, 11) is -2.14. The number of hydrogen-bond acceptors (Lipinski definition) is 2. The molecule has 0 bridgehead atoms. The third kappa shape index (κ3) is 5.62. The second-order valence-electron chi connectivity index (χ2n) is 13.8. The molecule has 242 valence electrons. The van der Waals surface area contributed by atoms with Crippen LogP contribution in [0.1, 0.15) is 0 Å². The highest BCUT2D eigenvalue weighted by molar-refractivity contribution is 7.03. The van der Waals surface area contributed by atoms with Crippen molar-refractivity contribution in [2.75, 3.05) is 0 Å². The molecular weight excluding hydrogens is 633 g/mol. The van der Waals surface area contributed by atoms with Crippen molar-refractivity contribution >= 4 is 18.6 Å². The molecular formula is C48H36N2Si. The Labute approximate surface area is 300 Å². The summed E-state index contributed by atoms with van der Waals surface area (Å²) in [6, 6.07) is 65.2. The number of rotatable bonds is 6. The zero-order valence-corrected chi connectivity index (χ0v) is 29.7. The third-order valence-electron chi connectivity index (χ3n) is 10.2. The quantitative estimate of drug-likeness (QED) is 0.165. The Hall–Kier alpha value is -6.16. The number of fused-ring (bicyclic) bond motifs is 3. The summed E-state index contributed by atoms with van der Waals surface area (Å²) < 4.78 is 0. The standard InChI is InChI=1S/C48H36N2Si/c1-51(2)44-27-13-12-26-43(44)45-46(42-31-40(34-18-8-4-9-19-34)30-41(32-42)35-20-10-5-11-21-35)49-47(50-48(45)51)39-25-15-24-38(29-39)37-23-14-22-36(28-37)33-16-6-3-7-17-33/h3-32H,1-2H3. The number of aromatic nitrogens is 2. The molecule has 9 rings (SSSR count). The maximum atomic E-state index is 5.53. The molecule has 0 saturated heterocycles. The lowest BCUT2D eigenvalue weighted by molar-refractivity contribution is 1.21. The molecule has 1 aliphatic heterocycles. The predicted octanol–water partition coefficient (Wildman–Crippen LogP) is 11.3. The molecule has 0 aliphatic carbocycles. The van der Waals surface area contributed by atoms with E-state index in [1.807, 2.05) is 0 Å². The van der Waals surface area contributed by atoms with Crippen LogP contribution in [0.2, 0.25) is 13.1 Å². The van der Waals surface area contributed by atoms with Crippen molar-refractivity contribution in [1.29, 1.82) is 0 Å².